The Morgan fingerprint density at radius 1 is 1.35 bits per heavy atom. The maximum Gasteiger partial charge on any atom is 0.128 e. The third-order valence-corrected chi connectivity index (χ3v) is 4.01. The molecule has 0 amide bonds. The molecule has 2 rings (SSSR count). The Labute approximate surface area is 104 Å². The number of nitrogens with one attached hydrogen (secondary N) is 1. The first-order valence-corrected chi connectivity index (χ1v) is 6.50. The highest BCUT2D eigenvalue weighted by atomic mass is 15.2. The Morgan fingerprint density at radius 2 is 2.00 bits per heavy atom. The molecule has 2 heterocycles. The maximum absolute atomic E-state index is 4.51. The lowest BCUT2D eigenvalue weighted by atomic mass is 10.0. The predicted octanol–water partition coefficient (Wildman–Crippen LogP) is 2.45. The highest BCUT2D eigenvalue weighted by Crippen LogP contribution is 2.27. The van der Waals surface area contributed by atoms with E-state index in [-0.39, 0.29) is 0 Å². The van der Waals surface area contributed by atoms with Crippen LogP contribution in [-0.4, -0.2) is 25.1 Å². The molecule has 0 spiro atoms. The average Bonchev–Trinajstić information content (AvgIpc) is 2.69. The molecule has 94 valence electrons. The van der Waals surface area contributed by atoms with Crippen LogP contribution < -0.4 is 10.2 Å². The fraction of sp³-hybridized carbons (Fsp3) is 0.643. The number of aromatic nitrogens is 1. The molecule has 1 N–H and O–H groups in total. The average molecular weight is 233 g/mol. The van der Waals surface area contributed by atoms with Crippen LogP contribution in [0.15, 0.2) is 18.3 Å². The van der Waals surface area contributed by atoms with Crippen LogP contribution in [0.25, 0.3) is 0 Å². The SMILES string of the molecule is CNC(C)c1ccnc(N2CC(C)C(C)C2)c1. The van der Waals surface area contributed by atoms with Crippen LogP contribution in [0, 0.1) is 11.8 Å². The maximum atomic E-state index is 4.51. The zero-order chi connectivity index (χ0) is 12.4. The van der Waals surface area contributed by atoms with Crippen LogP contribution >= 0.6 is 0 Å². The molecule has 0 saturated carbocycles. The molecule has 0 aliphatic carbocycles. The molecule has 3 nitrogen and oxygen atoms in total. The normalized spacial score (nSPS) is 26.2. The van der Waals surface area contributed by atoms with E-state index in [2.05, 4.69) is 48.1 Å². The van der Waals surface area contributed by atoms with Gasteiger partial charge in [0.1, 0.15) is 5.82 Å². The van der Waals surface area contributed by atoms with Gasteiger partial charge < -0.3 is 10.2 Å². The number of hydrogen-bond acceptors (Lipinski definition) is 3. The molecule has 1 aromatic rings. The first-order valence-electron chi connectivity index (χ1n) is 6.50. The van der Waals surface area contributed by atoms with Crippen molar-refractivity contribution in [2.75, 3.05) is 25.0 Å². The lowest BCUT2D eigenvalue weighted by Crippen LogP contribution is -2.21. The van der Waals surface area contributed by atoms with Gasteiger partial charge in [-0.1, -0.05) is 13.8 Å². The highest BCUT2D eigenvalue weighted by Gasteiger charge is 2.26. The highest BCUT2D eigenvalue weighted by molar-refractivity contribution is 5.43. The molecule has 3 atom stereocenters. The van der Waals surface area contributed by atoms with Crippen LogP contribution in [0.5, 0.6) is 0 Å². The number of rotatable bonds is 3. The molecular formula is C14H23N3. The van der Waals surface area contributed by atoms with Crippen molar-refractivity contribution in [2.24, 2.45) is 11.8 Å². The molecule has 3 heteroatoms. The molecule has 1 aliphatic rings. The smallest absolute Gasteiger partial charge is 0.128 e. The molecule has 0 bridgehead atoms. The summed E-state index contributed by atoms with van der Waals surface area (Å²) in [5, 5.41) is 3.27. The standard InChI is InChI=1S/C14H23N3/c1-10-8-17(9-11(10)2)14-7-13(5-6-16-14)12(3)15-4/h5-7,10-12,15H,8-9H2,1-4H3. The van der Waals surface area contributed by atoms with Gasteiger partial charge >= 0.3 is 0 Å². The van der Waals surface area contributed by atoms with Crippen LogP contribution in [-0.2, 0) is 0 Å². The summed E-state index contributed by atoms with van der Waals surface area (Å²) in [6.07, 6.45) is 1.92. The molecule has 0 aromatic carbocycles. The van der Waals surface area contributed by atoms with Crippen molar-refractivity contribution < 1.29 is 0 Å². The third-order valence-electron chi connectivity index (χ3n) is 4.01. The summed E-state index contributed by atoms with van der Waals surface area (Å²) in [5.41, 5.74) is 1.31. The van der Waals surface area contributed by atoms with Gasteiger partial charge in [-0.25, -0.2) is 4.98 Å². The number of nitrogens with zero attached hydrogens (tertiary/aromatic N) is 2. The number of pyridine rings is 1. The minimum Gasteiger partial charge on any atom is -0.356 e. The van der Waals surface area contributed by atoms with Crippen molar-refractivity contribution in [3.63, 3.8) is 0 Å². The quantitative estimate of drug-likeness (QED) is 0.869. The van der Waals surface area contributed by atoms with Gasteiger partial charge in [-0.2, -0.15) is 0 Å². The van der Waals surface area contributed by atoms with E-state index in [1.54, 1.807) is 0 Å². The van der Waals surface area contributed by atoms with Gasteiger partial charge in [-0.3, -0.25) is 0 Å². The van der Waals surface area contributed by atoms with Crippen molar-refractivity contribution >= 4 is 5.82 Å². The summed E-state index contributed by atoms with van der Waals surface area (Å²) in [5.74, 6) is 2.66. The minimum absolute atomic E-state index is 0.384. The molecular weight excluding hydrogens is 210 g/mol. The van der Waals surface area contributed by atoms with Gasteiger partial charge in [0.2, 0.25) is 0 Å². The Bertz CT molecular complexity index is 367. The van der Waals surface area contributed by atoms with E-state index in [0.717, 1.165) is 30.7 Å². The van der Waals surface area contributed by atoms with Crippen molar-refractivity contribution in [3.05, 3.63) is 23.9 Å². The fourth-order valence-electron chi connectivity index (χ4n) is 2.36. The van der Waals surface area contributed by atoms with E-state index in [1.807, 2.05) is 13.2 Å². The Balaban J connectivity index is 2.17. The zero-order valence-corrected chi connectivity index (χ0v) is 11.3. The van der Waals surface area contributed by atoms with Gasteiger partial charge in [0.25, 0.3) is 0 Å². The van der Waals surface area contributed by atoms with E-state index < -0.39 is 0 Å². The van der Waals surface area contributed by atoms with Crippen molar-refractivity contribution in [3.8, 4) is 0 Å². The second-order valence-corrected chi connectivity index (χ2v) is 5.32. The summed E-state index contributed by atoms with van der Waals surface area (Å²) in [7, 11) is 1.99. The topological polar surface area (TPSA) is 28.2 Å². The minimum atomic E-state index is 0.384. The van der Waals surface area contributed by atoms with Crippen LogP contribution in [0.1, 0.15) is 32.4 Å². The lowest BCUT2D eigenvalue weighted by molar-refractivity contribution is 0.494. The molecule has 1 aromatic heterocycles. The molecule has 0 radical (unpaired) electrons. The van der Waals surface area contributed by atoms with E-state index in [1.165, 1.54) is 5.56 Å². The number of anilines is 1. The monoisotopic (exact) mass is 233 g/mol. The Morgan fingerprint density at radius 3 is 2.59 bits per heavy atom. The summed E-state index contributed by atoms with van der Waals surface area (Å²) in [6, 6.07) is 4.69. The Kier molecular flexibility index (Phi) is 3.67. The van der Waals surface area contributed by atoms with E-state index in [0.29, 0.717) is 6.04 Å². The van der Waals surface area contributed by atoms with Crippen LogP contribution in [0.4, 0.5) is 5.82 Å². The van der Waals surface area contributed by atoms with Crippen LogP contribution in [0.2, 0.25) is 0 Å². The van der Waals surface area contributed by atoms with Gasteiger partial charge in [0.15, 0.2) is 0 Å². The first kappa shape index (κ1) is 12.4. The summed E-state index contributed by atoms with van der Waals surface area (Å²) < 4.78 is 0. The second kappa shape index (κ2) is 5.05. The van der Waals surface area contributed by atoms with E-state index in [4.69, 9.17) is 0 Å². The molecule has 1 saturated heterocycles. The van der Waals surface area contributed by atoms with Crippen molar-refractivity contribution in [2.45, 2.75) is 26.8 Å². The van der Waals surface area contributed by atoms with Gasteiger partial charge in [0.05, 0.1) is 0 Å². The van der Waals surface area contributed by atoms with Crippen molar-refractivity contribution in [1.29, 1.82) is 0 Å². The largest absolute Gasteiger partial charge is 0.356 e. The molecule has 1 fully saturated rings. The fourth-order valence-corrected chi connectivity index (χ4v) is 2.36. The Hall–Kier alpha value is -1.09. The van der Waals surface area contributed by atoms with Gasteiger partial charge in [0, 0.05) is 25.3 Å². The first-order chi connectivity index (χ1) is 8.11. The van der Waals surface area contributed by atoms with Gasteiger partial charge in [-0.05, 0) is 43.5 Å². The van der Waals surface area contributed by atoms with E-state index >= 15 is 0 Å². The predicted molar refractivity (Wildman–Crippen MR) is 72.3 cm³/mol. The second-order valence-electron chi connectivity index (χ2n) is 5.32. The molecule has 3 unspecified atom stereocenters. The number of hydrogen-bond donors (Lipinski definition) is 1. The summed E-state index contributed by atoms with van der Waals surface area (Å²) >= 11 is 0. The van der Waals surface area contributed by atoms with Crippen molar-refractivity contribution in [1.82, 2.24) is 10.3 Å². The molecule has 1 aliphatic heterocycles. The van der Waals surface area contributed by atoms with Gasteiger partial charge in [-0.15, -0.1) is 0 Å². The third kappa shape index (κ3) is 2.60. The lowest BCUT2D eigenvalue weighted by Gasteiger charge is -2.19. The molecule has 17 heavy (non-hydrogen) atoms. The summed E-state index contributed by atoms with van der Waals surface area (Å²) in [4.78, 5) is 6.91. The van der Waals surface area contributed by atoms with Crippen LogP contribution in [0.3, 0.4) is 0 Å². The van der Waals surface area contributed by atoms with E-state index in [9.17, 15) is 0 Å². The zero-order valence-electron chi connectivity index (χ0n) is 11.3. The summed E-state index contributed by atoms with van der Waals surface area (Å²) in [6.45, 7) is 9.08.